The van der Waals surface area contributed by atoms with Crippen molar-refractivity contribution in [2.75, 3.05) is 19.0 Å². The van der Waals surface area contributed by atoms with E-state index in [1.807, 2.05) is 13.0 Å². The van der Waals surface area contributed by atoms with Crippen molar-refractivity contribution in [1.82, 2.24) is 9.97 Å². The van der Waals surface area contributed by atoms with E-state index in [1.54, 1.807) is 7.11 Å². The standard InChI is InChI=1S/C11H18BrN3O/c1-4-8(7-16-3)13-11-6-9(12)14-10(5-2)15-11/h6,8H,4-5,7H2,1-3H3,(H,13,14,15). The molecule has 5 heteroatoms. The van der Waals surface area contributed by atoms with E-state index < -0.39 is 0 Å². The van der Waals surface area contributed by atoms with Gasteiger partial charge in [0.1, 0.15) is 16.2 Å². The molecular weight excluding hydrogens is 270 g/mol. The van der Waals surface area contributed by atoms with Crippen LogP contribution in [-0.4, -0.2) is 29.7 Å². The van der Waals surface area contributed by atoms with Gasteiger partial charge in [0.05, 0.1) is 12.6 Å². The molecule has 0 aliphatic carbocycles. The second-order valence-electron chi connectivity index (χ2n) is 3.55. The van der Waals surface area contributed by atoms with Crippen LogP contribution in [-0.2, 0) is 11.2 Å². The van der Waals surface area contributed by atoms with Gasteiger partial charge >= 0.3 is 0 Å². The van der Waals surface area contributed by atoms with Crippen molar-refractivity contribution in [2.45, 2.75) is 32.7 Å². The van der Waals surface area contributed by atoms with Crippen molar-refractivity contribution < 1.29 is 4.74 Å². The molecule has 1 N–H and O–H groups in total. The van der Waals surface area contributed by atoms with Crippen molar-refractivity contribution >= 4 is 21.7 Å². The van der Waals surface area contributed by atoms with Crippen LogP contribution in [0.5, 0.6) is 0 Å². The molecule has 0 aliphatic heterocycles. The van der Waals surface area contributed by atoms with Gasteiger partial charge in [0, 0.05) is 19.6 Å². The predicted molar refractivity (Wildman–Crippen MR) is 68.7 cm³/mol. The van der Waals surface area contributed by atoms with E-state index in [1.165, 1.54) is 0 Å². The number of aromatic nitrogens is 2. The molecule has 1 rings (SSSR count). The van der Waals surface area contributed by atoms with Gasteiger partial charge in [0.25, 0.3) is 0 Å². The Labute approximate surface area is 105 Å². The number of nitrogens with zero attached hydrogens (tertiary/aromatic N) is 2. The molecule has 4 nitrogen and oxygen atoms in total. The molecule has 0 saturated carbocycles. The maximum atomic E-state index is 5.14. The van der Waals surface area contributed by atoms with Crippen molar-refractivity contribution in [1.29, 1.82) is 0 Å². The van der Waals surface area contributed by atoms with Crippen molar-refractivity contribution in [3.05, 3.63) is 16.5 Å². The Balaban J connectivity index is 2.74. The van der Waals surface area contributed by atoms with E-state index in [0.717, 1.165) is 29.1 Å². The lowest BCUT2D eigenvalue weighted by Crippen LogP contribution is -2.24. The second-order valence-corrected chi connectivity index (χ2v) is 4.36. The smallest absolute Gasteiger partial charge is 0.131 e. The molecule has 90 valence electrons. The summed E-state index contributed by atoms with van der Waals surface area (Å²) in [4.78, 5) is 8.68. The fourth-order valence-corrected chi connectivity index (χ4v) is 1.79. The van der Waals surface area contributed by atoms with E-state index in [0.29, 0.717) is 6.61 Å². The Kier molecular flexibility index (Phi) is 5.69. The number of nitrogens with one attached hydrogen (secondary N) is 1. The van der Waals surface area contributed by atoms with Crippen LogP contribution < -0.4 is 5.32 Å². The summed E-state index contributed by atoms with van der Waals surface area (Å²) in [5.41, 5.74) is 0. The van der Waals surface area contributed by atoms with E-state index in [2.05, 4.69) is 38.1 Å². The fraction of sp³-hybridized carbons (Fsp3) is 0.636. The monoisotopic (exact) mass is 287 g/mol. The molecule has 1 aromatic heterocycles. The number of methoxy groups -OCH3 is 1. The second kappa shape index (κ2) is 6.81. The minimum Gasteiger partial charge on any atom is -0.383 e. The van der Waals surface area contributed by atoms with Crippen LogP contribution in [0, 0.1) is 0 Å². The molecule has 0 spiro atoms. The predicted octanol–water partition coefficient (Wildman–Crippen LogP) is 2.64. The summed E-state index contributed by atoms with van der Waals surface area (Å²) in [6.07, 6.45) is 1.83. The lowest BCUT2D eigenvalue weighted by molar-refractivity contribution is 0.184. The first-order chi connectivity index (χ1) is 7.69. The zero-order valence-corrected chi connectivity index (χ0v) is 11.5. The summed E-state index contributed by atoms with van der Waals surface area (Å²) in [5.74, 6) is 1.69. The minimum atomic E-state index is 0.288. The van der Waals surface area contributed by atoms with Gasteiger partial charge in [0.15, 0.2) is 0 Å². The number of anilines is 1. The molecule has 0 amide bonds. The van der Waals surface area contributed by atoms with Crippen molar-refractivity contribution in [3.63, 3.8) is 0 Å². The topological polar surface area (TPSA) is 47.0 Å². The summed E-state index contributed by atoms with van der Waals surface area (Å²) in [6.45, 7) is 4.84. The van der Waals surface area contributed by atoms with Crippen LogP contribution in [0.15, 0.2) is 10.7 Å². The molecule has 1 aromatic rings. The molecule has 0 radical (unpaired) electrons. The van der Waals surface area contributed by atoms with Crippen LogP contribution >= 0.6 is 15.9 Å². The molecule has 0 fully saturated rings. The van der Waals surface area contributed by atoms with E-state index in [-0.39, 0.29) is 6.04 Å². The fourth-order valence-electron chi connectivity index (χ4n) is 1.37. The first-order valence-corrected chi connectivity index (χ1v) is 6.27. The van der Waals surface area contributed by atoms with E-state index >= 15 is 0 Å². The molecule has 0 bridgehead atoms. The van der Waals surface area contributed by atoms with Gasteiger partial charge in [-0.2, -0.15) is 0 Å². The number of hydrogen-bond donors (Lipinski definition) is 1. The molecule has 16 heavy (non-hydrogen) atoms. The van der Waals surface area contributed by atoms with Gasteiger partial charge in [-0.25, -0.2) is 9.97 Å². The largest absolute Gasteiger partial charge is 0.383 e. The Morgan fingerprint density at radius 2 is 2.19 bits per heavy atom. The number of rotatable bonds is 6. The Hall–Kier alpha value is -0.680. The summed E-state index contributed by atoms with van der Waals surface area (Å²) in [6, 6.07) is 2.17. The molecule has 0 aliphatic rings. The van der Waals surface area contributed by atoms with Crippen LogP contribution in [0.1, 0.15) is 26.1 Å². The third-order valence-electron chi connectivity index (χ3n) is 2.27. The van der Waals surface area contributed by atoms with Gasteiger partial charge in [-0.05, 0) is 22.4 Å². The maximum Gasteiger partial charge on any atom is 0.131 e. The molecule has 1 heterocycles. The lowest BCUT2D eigenvalue weighted by atomic mass is 10.2. The first kappa shape index (κ1) is 13.4. The Morgan fingerprint density at radius 1 is 1.44 bits per heavy atom. The summed E-state index contributed by atoms with van der Waals surface area (Å²) >= 11 is 3.38. The Morgan fingerprint density at radius 3 is 2.75 bits per heavy atom. The highest BCUT2D eigenvalue weighted by Crippen LogP contribution is 2.14. The minimum absolute atomic E-state index is 0.288. The Bertz CT molecular complexity index is 333. The van der Waals surface area contributed by atoms with Gasteiger partial charge in [-0.3, -0.25) is 0 Å². The molecule has 0 aromatic carbocycles. The highest BCUT2D eigenvalue weighted by Gasteiger charge is 2.08. The first-order valence-electron chi connectivity index (χ1n) is 5.48. The molecular formula is C11H18BrN3O. The SMILES string of the molecule is CCc1nc(Br)cc(NC(CC)COC)n1. The van der Waals surface area contributed by atoms with E-state index in [9.17, 15) is 0 Å². The molecule has 1 unspecified atom stereocenters. The average molecular weight is 288 g/mol. The lowest BCUT2D eigenvalue weighted by Gasteiger charge is -2.16. The summed E-state index contributed by atoms with van der Waals surface area (Å²) in [5, 5.41) is 3.34. The zero-order chi connectivity index (χ0) is 12.0. The highest BCUT2D eigenvalue weighted by molar-refractivity contribution is 9.10. The van der Waals surface area contributed by atoms with Gasteiger partial charge in [-0.1, -0.05) is 13.8 Å². The molecule has 0 saturated heterocycles. The van der Waals surface area contributed by atoms with Gasteiger partial charge in [0.2, 0.25) is 0 Å². The third-order valence-corrected chi connectivity index (χ3v) is 2.68. The van der Waals surface area contributed by atoms with Crippen molar-refractivity contribution in [2.24, 2.45) is 0 Å². The highest BCUT2D eigenvalue weighted by atomic mass is 79.9. The zero-order valence-electron chi connectivity index (χ0n) is 9.96. The summed E-state index contributed by atoms with van der Waals surface area (Å²) < 4.78 is 5.95. The van der Waals surface area contributed by atoms with Crippen LogP contribution in [0.2, 0.25) is 0 Å². The van der Waals surface area contributed by atoms with Gasteiger partial charge in [-0.15, -0.1) is 0 Å². The number of aryl methyl sites for hydroxylation is 1. The number of ether oxygens (including phenoxy) is 1. The van der Waals surface area contributed by atoms with Gasteiger partial charge < -0.3 is 10.1 Å². The van der Waals surface area contributed by atoms with E-state index in [4.69, 9.17) is 4.74 Å². The van der Waals surface area contributed by atoms with Crippen LogP contribution in [0.25, 0.3) is 0 Å². The number of halogens is 1. The third kappa shape index (κ3) is 4.06. The van der Waals surface area contributed by atoms with Crippen LogP contribution in [0.4, 0.5) is 5.82 Å². The maximum absolute atomic E-state index is 5.14. The van der Waals surface area contributed by atoms with Crippen LogP contribution in [0.3, 0.4) is 0 Å². The molecule has 1 atom stereocenters. The number of hydrogen-bond acceptors (Lipinski definition) is 4. The summed E-state index contributed by atoms with van der Waals surface area (Å²) in [7, 11) is 1.71. The average Bonchev–Trinajstić information content (AvgIpc) is 2.27. The quantitative estimate of drug-likeness (QED) is 0.817. The van der Waals surface area contributed by atoms with Crippen molar-refractivity contribution in [3.8, 4) is 0 Å². The normalized spacial score (nSPS) is 12.5.